The number of hydrogen-bond acceptors (Lipinski definition) is 4. The molecule has 70 valence electrons. The summed E-state index contributed by atoms with van der Waals surface area (Å²) in [6.45, 7) is -0.182. The molecule has 0 fully saturated rings. The van der Waals surface area contributed by atoms with Gasteiger partial charge in [-0.05, 0) is 12.1 Å². The maximum atomic E-state index is 11.1. The van der Waals surface area contributed by atoms with Crippen LogP contribution in [0.1, 0.15) is 10.6 Å². The molecule has 4 N–H and O–H groups in total. The van der Waals surface area contributed by atoms with Crippen LogP contribution in [0.4, 0.5) is 0 Å². The van der Waals surface area contributed by atoms with E-state index >= 15 is 0 Å². The van der Waals surface area contributed by atoms with Crippen LogP contribution in [-0.4, -0.2) is 18.4 Å². The molecule has 0 aliphatic rings. The first-order valence-corrected chi connectivity index (χ1v) is 3.57. The zero-order valence-electron chi connectivity index (χ0n) is 6.74. The van der Waals surface area contributed by atoms with E-state index in [-0.39, 0.29) is 12.3 Å². The van der Waals surface area contributed by atoms with E-state index in [1.807, 2.05) is 0 Å². The third kappa shape index (κ3) is 2.60. The maximum absolute atomic E-state index is 11.1. The van der Waals surface area contributed by atoms with Crippen LogP contribution in [0.15, 0.2) is 22.8 Å². The van der Waals surface area contributed by atoms with Crippen LogP contribution in [0.5, 0.6) is 0 Å². The number of carbonyl (C=O) groups is 2. The first-order valence-electron chi connectivity index (χ1n) is 3.57. The maximum Gasteiger partial charge on any atom is 0.305 e. The second kappa shape index (κ2) is 4.27. The molecule has 0 unspecified atom stereocenters. The predicted molar refractivity (Wildman–Crippen MR) is 43.4 cm³/mol. The molecule has 0 bridgehead atoms. The Hall–Kier alpha value is -1.82. The van der Waals surface area contributed by atoms with Crippen molar-refractivity contribution < 1.29 is 14.0 Å². The number of nitrogens with one attached hydrogen (secondary N) is 2. The third-order valence-corrected chi connectivity index (χ3v) is 1.25. The highest BCUT2D eigenvalue weighted by Crippen LogP contribution is 1.97. The number of furan rings is 1. The Balaban J connectivity index is 2.39. The minimum absolute atomic E-state index is 0.123. The summed E-state index contributed by atoms with van der Waals surface area (Å²) in [6, 6.07) is 3.05. The lowest BCUT2D eigenvalue weighted by atomic mass is 10.4. The summed E-state index contributed by atoms with van der Waals surface area (Å²) in [4.78, 5) is 21.7. The van der Waals surface area contributed by atoms with Crippen molar-refractivity contribution in [3.8, 4) is 0 Å². The van der Waals surface area contributed by atoms with Gasteiger partial charge in [0.25, 0.3) is 5.91 Å². The Morgan fingerprint density at radius 2 is 2.23 bits per heavy atom. The zero-order valence-corrected chi connectivity index (χ0v) is 6.74. The van der Waals surface area contributed by atoms with E-state index in [0.717, 1.165) is 0 Å². The average molecular weight is 183 g/mol. The molecule has 6 nitrogen and oxygen atoms in total. The smallest absolute Gasteiger partial charge is 0.305 e. The molecule has 6 heteroatoms. The van der Waals surface area contributed by atoms with Crippen molar-refractivity contribution in [2.75, 3.05) is 6.54 Å². The molecule has 1 aromatic heterocycles. The van der Waals surface area contributed by atoms with E-state index in [2.05, 4.69) is 10.9 Å². The highest BCUT2D eigenvalue weighted by atomic mass is 16.3. The number of carbonyl (C=O) groups excluding carboxylic acids is 2. The molecule has 0 aliphatic heterocycles. The van der Waals surface area contributed by atoms with E-state index in [9.17, 15) is 9.59 Å². The van der Waals surface area contributed by atoms with Gasteiger partial charge in [0.15, 0.2) is 5.76 Å². The fourth-order valence-electron chi connectivity index (χ4n) is 0.647. The quantitative estimate of drug-likeness (QED) is 0.512. The molecular formula is C7H9N3O3. The largest absolute Gasteiger partial charge is 0.459 e. The highest BCUT2D eigenvalue weighted by Gasteiger charge is 2.07. The van der Waals surface area contributed by atoms with Gasteiger partial charge in [0.2, 0.25) is 0 Å². The van der Waals surface area contributed by atoms with Crippen molar-refractivity contribution in [2.24, 2.45) is 5.73 Å². The summed E-state index contributed by atoms with van der Waals surface area (Å²) >= 11 is 0. The fraction of sp³-hybridized carbons (Fsp3) is 0.143. The average Bonchev–Trinajstić information content (AvgIpc) is 2.66. The van der Waals surface area contributed by atoms with Crippen LogP contribution < -0.4 is 16.6 Å². The number of rotatable bonds is 2. The molecule has 2 amide bonds. The summed E-state index contributed by atoms with van der Waals surface area (Å²) in [5.74, 6) is -0.871. The van der Waals surface area contributed by atoms with Crippen molar-refractivity contribution in [1.82, 2.24) is 10.9 Å². The van der Waals surface area contributed by atoms with Gasteiger partial charge in [0.05, 0.1) is 12.8 Å². The lowest BCUT2D eigenvalue weighted by Gasteiger charge is -2.02. The highest BCUT2D eigenvalue weighted by molar-refractivity contribution is 5.92. The zero-order chi connectivity index (χ0) is 9.68. The van der Waals surface area contributed by atoms with Crippen molar-refractivity contribution in [3.05, 3.63) is 24.2 Å². The van der Waals surface area contributed by atoms with Crippen molar-refractivity contribution in [2.45, 2.75) is 0 Å². The second-order valence-corrected chi connectivity index (χ2v) is 2.18. The molecule has 0 aromatic carbocycles. The lowest BCUT2D eigenvalue weighted by Crippen LogP contribution is -2.44. The Bertz CT molecular complexity index is 294. The number of amides is 2. The Morgan fingerprint density at radius 3 is 2.77 bits per heavy atom. The van der Waals surface area contributed by atoms with Gasteiger partial charge >= 0.3 is 5.91 Å². The molecule has 1 aromatic rings. The Kier molecular flexibility index (Phi) is 3.04. The van der Waals surface area contributed by atoms with E-state index in [0.29, 0.717) is 0 Å². The Morgan fingerprint density at radius 1 is 1.46 bits per heavy atom. The number of nitrogens with two attached hydrogens (primary N) is 1. The van der Waals surface area contributed by atoms with Gasteiger partial charge in [0, 0.05) is 0 Å². The molecule has 0 aliphatic carbocycles. The SMILES string of the molecule is NCC(=O)NNC(=O)c1ccco1. The molecule has 0 radical (unpaired) electrons. The number of hydrazine groups is 1. The van der Waals surface area contributed by atoms with E-state index in [1.54, 1.807) is 6.07 Å². The van der Waals surface area contributed by atoms with Crippen molar-refractivity contribution >= 4 is 11.8 Å². The molecule has 0 spiro atoms. The fourth-order valence-corrected chi connectivity index (χ4v) is 0.647. The van der Waals surface area contributed by atoms with Gasteiger partial charge in [-0.2, -0.15) is 0 Å². The lowest BCUT2D eigenvalue weighted by molar-refractivity contribution is -0.120. The molecule has 1 heterocycles. The molecule has 13 heavy (non-hydrogen) atoms. The third-order valence-electron chi connectivity index (χ3n) is 1.25. The summed E-state index contributed by atoms with van der Waals surface area (Å²) in [5.41, 5.74) is 9.21. The normalized spacial score (nSPS) is 9.31. The monoisotopic (exact) mass is 183 g/mol. The minimum atomic E-state index is -0.521. The van der Waals surface area contributed by atoms with Crippen molar-refractivity contribution in [3.63, 3.8) is 0 Å². The summed E-state index contributed by atoms with van der Waals surface area (Å²) < 4.78 is 4.77. The summed E-state index contributed by atoms with van der Waals surface area (Å²) in [6.07, 6.45) is 1.36. The van der Waals surface area contributed by atoms with Crippen LogP contribution in [0.2, 0.25) is 0 Å². The minimum Gasteiger partial charge on any atom is -0.459 e. The van der Waals surface area contributed by atoms with Crippen LogP contribution in [0.25, 0.3) is 0 Å². The second-order valence-electron chi connectivity index (χ2n) is 2.18. The molecular weight excluding hydrogens is 174 g/mol. The molecule has 0 saturated carbocycles. The van der Waals surface area contributed by atoms with Crippen LogP contribution in [0, 0.1) is 0 Å². The first kappa shape index (κ1) is 9.27. The topological polar surface area (TPSA) is 97.4 Å². The summed E-state index contributed by atoms with van der Waals surface area (Å²) in [5, 5.41) is 0. The van der Waals surface area contributed by atoms with Gasteiger partial charge < -0.3 is 10.2 Å². The van der Waals surface area contributed by atoms with E-state index < -0.39 is 11.8 Å². The standard InChI is InChI=1S/C7H9N3O3/c8-4-6(11)9-10-7(12)5-2-1-3-13-5/h1-3H,4,8H2,(H,9,11)(H,10,12). The Labute approximate surface area is 74.1 Å². The molecule has 0 atom stereocenters. The van der Waals surface area contributed by atoms with Crippen molar-refractivity contribution in [1.29, 1.82) is 0 Å². The van der Waals surface area contributed by atoms with Gasteiger partial charge in [0.1, 0.15) is 0 Å². The van der Waals surface area contributed by atoms with Gasteiger partial charge in [-0.1, -0.05) is 0 Å². The molecule has 0 saturated heterocycles. The summed E-state index contributed by atoms with van der Waals surface area (Å²) in [7, 11) is 0. The van der Waals surface area contributed by atoms with Crippen LogP contribution >= 0.6 is 0 Å². The first-order chi connectivity index (χ1) is 6.24. The van der Waals surface area contributed by atoms with Gasteiger partial charge in [-0.3, -0.25) is 20.4 Å². The van der Waals surface area contributed by atoms with Gasteiger partial charge in [-0.25, -0.2) is 0 Å². The van der Waals surface area contributed by atoms with Crippen LogP contribution in [0.3, 0.4) is 0 Å². The van der Waals surface area contributed by atoms with E-state index in [1.165, 1.54) is 12.3 Å². The van der Waals surface area contributed by atoms with Gasteiger partial charge in [-0.15, -0.1) is 0 Å². The predicted octanol–water partition coefficient (Wildman–Crippen LogP) is -1.00. The van der Waals surface area contributed by atoms with Crippen LogP contribution in [-0.2, 0) is 4.79 Å². The van der Waals surface area contributed by atoms with E-state index in [4.69, 9.17) is 10.2 Å². The molecule has 1 rings (SSSR count). The number of hydrogen-bond donors (Lipinski definition) is 3.